The number of nitrogens with zero attached hydrogens (tertiary/aromatic N) is 3. The van der Waals surface area contributed by atoms with Crippen LogP contribution in [-0.2, 0) is 17.9 Å². The Labute approximate surface area is 190 Å². The number of nitriles is 1. The van der Waals surface area contributed by atoms with E-state index < -0.39 is 0 Å². The Balaban J connectivity index is 1.41. The lowest BCUT2D eigenvalue weighted by Crippen LogP contribution is -2.29. The third kappa shape index (κ3) is 5.71. The summed E-state index contributed by atoms with van der Waals surface area (Å²) in [6, 6.07) is 28.7. The second kappa shape index (κ2) is 10.1. The van der Waals surface area contributed by atoms with Crippen molar-refractivity contribution in [3.8, 4) is 23.1 Å². The molecule has 1 N–H and O–H groups in total. The quantitative estimate of drug-likeness (QED) is 0.472. The fraction of sp³-hybridized carbons (Fsp3) is 0.0769. The molecule has 4 aromatic rings. The van der Waals surface area contributed by atoms with Crippen molar-refractivity contribution < 1.29 is 9.53 Å². The van der Waals surface area contributed by atoms with Gasteiger partial charge in [0, 0.05) is 23.4 Å². The molecule has 0 radical (unpaired) electrons. The van der Waals surface area contributed by atoms with Crippen LogP contribution in [-0.4, -0.2) is 15.7 Å². The molecule has 0 bridgehead atoms. The molecule has 7 heteroatoms. The summed E-state index contributed by atoms with van der Waals surface area (Å²) in [5.41, 5.74) is 3.08. The van der Waals surface area contributed by atoms with Crippen molar-refractivity contribution in [2.24, 2.45) is 0 Å². The van der Waals surface area contributed by atoms with Gasteiger partial charge in [0.25, 0.3) is 5.56 Å². The predicted molar refractivity (Wildman–Crippen MR) is 124 cm³/mol. The van der Waals surface area contributed by atoms with Crippen LogP contribution in [0, 0.1) is 11.3 Å². The number of hydrogen-bond donors (Lipinski definition) is 1. The summed E-state index contributed by atoms with van der Waals surface area (Å²) in [6.07, 6.45) is 0. The van der Waals surface area contributed by atoms with E-state index in [0.717, 1.165) is 15.8 Å². The van der Waals surface area contributed by atoms with Gasteiger partial charge in [0.15, 0.2) is 0 Å². The lowest BCUT2D eigenvalue weighted by Gasteiger charge is -2.10. The van der Waals surface area contributed by atoms with Crippen LogP contribution >= 0.6 is 0 Å². The zero-order valence-corrected chi connectivity index (χ0v) is 17.6. The van der Waals surface area contributed by atoms with Crippen LogP contribution in [0.4, 0.5) is 5.69 Å². The number of anilines is 1. The molecule has 33 heavy (non-hydrogen) atoms. The minimum atomic E-state index is -0.381. The molecule has 0 atom stereocenters. The Hall–Kier alpha value is -4.70. The molecule has 1 aromatic heterocycles. The highest BCUT2D eigenvalue weighted by Crippen LogP contribution is 2.19. The van der Waals surface area contributed by atoms with E-state index in [9.17, 15) is 9.59 Å². The van der Waals surface area contributed by atoms with E-state index in [4.69, 9.17) is 10.00 Å². The van der Waals surface area contributed by atoms with E-state index in [-0.39, 0.29) is 18.0 Å². The maximum atomic E-state index is 12.6. The number of carbonyl (C=O) groups excluding carboxylic acids is 1. The highest BCUT2D eigenvalue weighted by Gasteiger charge is 2.09. The smallest absolute Gasteiger partial charge is 0.267 e. The molecular formula is C26H20N4O3. The average molecular weight is 436 g/mol. The molecule has 3 aromatic carbocycles. The van der Waals surface area contributed by atoms with Crippen molar-refractivity contribution in [2.45, 2.75) is 13.2 Å². The molecule has 0 unspecified atom stereocenters. The first kappa shape index (κ1) is 21.5. The summed E-state index contributed by atoms with van der Waals surface area (Å²) >= 11 is 0. The summed E-state index contributed by atoms with van der Waals surface area (Å²) in [7, 11) is 0. The van der Waals surface area contributed by atoms with Crippen molar-refractivity contribution in [1.82, 2.24) is 9.78 Å². The molecular weight excluding hydrogens is 416 g/mol. The van der Waals surface area contributed by atoms with E-state index in [1.807, 2.05) is 36.4 Å². The number of carbonyl (C=O) groups is 1. The van der Waals surface area contributed by atoms with Gasteiger partial charge in [-0.25, -0.2) is 4.68 Å². The van der Waals surface area contributed by atoms with Crippen molar-refractivity contribution in [3.05, 3.63) is 112 Å². The van der Waals surface area contributed by atoms with Crippen molar-refractivity contribution in [3.63, 3.8) is 0 Å². The third-order valence-corrected chi connectivity index (χ3v) is 4.81. The number of rotatable bonds is 7. The Morgan fingerprint density at radius 1 is 0.970 bits per heavy atom. The lowest BCUT2D eigenvalue weighted by molar-refractivity contribution is -0.117. The molecule has 0 saturated carbocycles. The average Bonchev–Trinajstić information content (AvgIpc) is 2.85. The summed E-state index contributed by atoms with van der Waals surface area (Å²) < 4.78 is 6.93. The van der Waals surface area contributed by atoms with Crippen molar-refractivity contribution in [1.29, 1.82) is 5.26 Å². The molecule has 4 rings (SSSR count). The van der Waals surface area contributed by atoms with Gasteiger partial charge in [-0.05, 0) is 35.9 Å². The zero-order valence-electron chi connectivity index (χ0n) is 17.6. The van der Waals surface area contributed by atoms with Crippen LogP contribution in [0.25, 0.3) is 11.3 Å². The minimum absolute atomic E-state index is 0.217. The van der Waals surface area contributed by atoms with E-state index in [2.05, 4.69) is 16.5 Å². The molecule has 0 saturated heterocycles. The van der Waals surface area contributed by atoms with Gasteiger partial charge < -0.3 is 10.1 Å². The largest absolute Gasteiger partial charge is 0.489 e. The molecule has 162 valence electrons. The monoisotopic (exact) mass is 436 g/mol. The maximum absolute atomic E-state index is 12.6. The number of nitrogens with one attached hydrogen (secondary N) is 1. The maximum Gasteiger partial charge on any atom is 0.267 e. The van der Waals surface area contributed by atoms with Crippen LogP contribution in [0.1, 0.15) is 11.1 Å². The molecule has 0 aliphatic heterocycles. The highest BCUT2D eigenvalue weighted by molar-refractivity contribution is 5.90. The number of hydrogen-bond acceptors (Lipinski definition) is 5. The van der Waals surface area contributed by atoms with Crippen molar-refractivity contribution >= 4 is 11.6 Å². The Morgan fingerprint density at radius 3 is 2.61 bits per heavy atom. The normalized spacial score (nSPS) is 10.3. The van der Waals surface area contributed by atoms with Gasteiger partial charge in [-0.15, -0.1) is 0 Å². The van der Waals surface area contributed by atoms with Crippen molar-refractivity contribution in [2.75, 3.05) is 5.32 Å². The second-order valence-electron chi connectivity index (χ2n) is 7.26. The van der Waals surface area contributed by atoms with Crippen LogP contribution in [0.5, 0.6) is 5.75 Å². The predicted octanol–water partition coefficient (Wildman–Crippen LogP) is 4.00. The first-order valence-corrected chi connectivity index (χ1v) is 10.3. The van der Waals surface area contributed by atoms with Crippen LogP contribution in [0.2, 0.25) is 0 Å². The minimum Gasteiger partial charge on any atom is -0.489 e. The summed E-state index contributed by atoms with van der Waals surface area (Å²) in [6.45, 7) is 0.0735. The molecule has 0 spiro atoms. The van der Waals surface area contributed by atoms with Gasteiger partial charge in [-0.3, -0.25) is 9.59 Å². The molecule has 1 heterocycles. The van der Waals surface area contributed by atoms with Gasteiger partial charge in [0.05, 0.1) is 17.3 Å². The van der Waals surface area contributed by atoms with E-state index >= 15 is 0 Å². The summed E-state index contributed by atoms with van der Waals surface area (Å²) in [4.78, 5) is 24.8. The molecule has 0 aliphatic carbocycles. The Morgan fingerprint density at radius 2 is 1.79 bits per heavy atom. The summed E-state index contributed by atoms with van der Waals surface area (Å²) in [5.74, 6) is 0.185. The zero-order chi connectivity index (χ0) is 23.0. The lowest BCUT2D eigenvalue weighted by atomic mass is 10.1. The molecule has 7 nitrogen and oxygen atoms in total. The van der Waals surface area contributed by atoms with E-state index in [1.165, 1.54) is 6.07 Å². The second-order valence-corrected chi connectivity index (χ2v) is 7.26. The topological polar surface area (TPSA) is 97.0 Å². The Bertz CT molecular complexity index is 1370. The first-order chi connectivity index (χ1) is 16.1. The molecule has 0 fully saturated rings. The Kier molecular flexibility index (Phi) is 6.57. The molecule has 0 aliphatic rings. The van der Waals surface area contributed by atoms with Crippen LogP contribution < -0.4 is 15.6 Å². The molecule has 1 amide bonds. The third-order valence-electron chi connectivity index (χ3n) is 4.81. The van der Waals surface area contributed by atoms with E-state index in [0.29, 0.717) is 29.3 Å². The van der Waals surface area contributed by atoms with Gasteiger partial charge in [-0.1, -0.05) is 48.5 Å². The number of ether oxygens (including phenoxy) is 1. The number of amides is 1. The van der Waals surface area contributed by atoms with Crippen LogP contribution in [0.15, 0.2) is 95.8 Å². The number of benzene rings is 3. The van der Waals surface area contributed by atoms with Gasteiger partial charge in [0.2, 0.25) is 5.91 Å². The first-order valence-electron chi connectivity index (χ1n) is 10.3. The van der Waals surface area contributed by atoms with E-state index in [1.54, 1.807) is 48.5 Å². The standard InChI is InChI=1S/C26H20N4O3/c27-16-19-6-4-7-20(14-19)18-33-23-11-5-10-22(15-23)28-25(31)17-30-26(32)13-12-24(29-30)21-8-2-1-3-9-21/h1-15H,17-18H2,(H,28,31). The number of aromatic nitrogens is 2. The highest BCUT2D eigenvalue weighted by atomic mass is 16.5. The fourth-order valence-electron chi connectivity index (χ4n) is 3.22. The van der Waals surface area contributed by atoms with Gasteiger partial charge >= 0.3 is 0 Å². The van der Waals surface area contributed by atoms with Crippen LogP contribution in [0.3, 0.4) is 0 Å². The summed E-state index contributed by atoms with van der Waals surface area (Å²) in [5, 5.41) is 16.1. The van der Waals surface area contributed by atoms with Gasteiger partial charge in [0.1, 0.15) is 18.9 Å². The van der Waals surface area contributed by atoms with Gasteiger partial charge in [-0.2, -0.15) is 10.4 Å². The fourth-order valence-corrected chi connectivity index (χ4v) is 3.22. The SMILES string of the molecule is N#Cc1cccc(COc2cccc(NC(=O)Cn3nc(-c4ccccc4)ccc3=O)c2)c1.